The number of fused-ring (bicyclic) bond motifs is 2. The quantitative estimate of drug-likeness (QED) is 0.763. The summed E-state index contributed by atoms with van der Waals surface area (Å²) in [4.78, 5) is 30.2. The first-order valence-corrected chi connectivity index (χ1v) is 7.95. The number of nitrogens with zero attached hydrogens (tertiary/aromatic N) is 2. The Morgan fingerprint density at radius 1 is 1.39 bits per heavy atom. The topological polar surface area (TPSA) is 80.2 Å². The van der Waals surface area contributed by atoms with E-state index in [0.717, 1.165) is 12.8 Å². The van der Waals surface area contributed by atoms with Crippen molar-refractivity contribution in [3.05, 3.63) is 23.7 Å². The fraction of sp³-hybridized carbons (Fsp3) is 0.467. The highest BCUT2D eigenvalue weighted by Crippen LogP contribution is 2.31. The Labute approximate surface area is 138 Å². The van der Waals surface area contributed by atoms with E-state index in [9.17, 15) is 9.59 Å². The van der Waals surface area contributed by atoms with E-state index < -0.39 is 5.92 Å². The second-order valence-corrected chi connectivity index (χ2v) is 6.19. The third kappa shape index (κ3) is 2.74. The number of allylic oxidation sites excluding steroid dienone is 1. The summed E-state index contributed by atoms with van der Waals surface area (Å²) in [6, 6.07) is 0.308. The van der Waals surface area contributed by atoms with Gasteiger partial charge in [0.1, 0.15) is 5.92 Å². The van der Waals surface area contributed by atoms with E-state index in [2.05, 4.69) is 10.3 Å². The SMILES string of the molecule is O=C(CCN1C(=O)C2C=C3OCOC3=CC2=NC1=S)NC1CC1. The van der Waals surface area contributed by atoms with Crippen molar-refractivity contribution in [2.24, 2.45) is 10.9 Å². The summed E-state index contributed by atoms with van der Waals surface area (Å²) >= 11 is 5.21. The molecule has 1 saturated heterocycles. The van der Waals surface area contributed by atoms with Gasteiger partial charge < -0.3 is 14.8 Å². The van der Waals surface area contributed by atoms with Gasteiger partial charge in [0.2, 0.25) is 23.7 Å². The van der Waals surface area contributed by atoms with Crippen molar-refractivity contribution in [2.75, 3.05) is 13.3 Å². The Morgan fingerprint density at radius 2 is 2.17 bits per heavy atom. The zero-order valence-electron chi connectivity index (χ0n) is 12.3. The van der Waals surface area contributed by atoms with Crippen molar-refractivity contribution in [2.45, 2.75) is 25.3 Å². The molecule has 4 aliphatic rings. The molecule has 120 valence electrons. The fourth-order valence-electron chi connectivity index (χ4n) is 2.68. The number of nitrogens with one attached hydrogen (secondary N) is 1. The first kappa shape index (κ1) is 14.4. The first-order chi connectivity index (χ1) is 11.1. The third-order valence-corrected chi connectivity index (χ3v) is 4.39. The van der Waals surface area contributed by atoms with Gasteiger partial charge in [-0.25, -0.2) is 4.99 Å². The molecule has 2 amide bonds. The van der Waals surface area contributed by atoms with Crippen molar-refractivity contribution in [3.63, 3.8) is 0 Å². The molecule has 2 fully saturated rings. The molecule has 1 atom stereocenters. The number of hydrogen-bond acceptors (Lipinski definition) is 5. The molecular formula is C15H15N3O4S. The fourth-order valence-corrected chi connectivity index (χ4v) is 2.97. The molecule has 0 spiro atoms. The Hall–Kier alpha value is -2.22. The van der Waals surface area contributed by atoms with E-state index in [1.165, 1.54) is 4.90 Å². The number of amides is 2. The zero-order chi connectivity index (χ0) is 16.0. The number of carbonyl (C=O) groups excluding carboxylic acids is 2. The van der Waals surface area contributed by atoms with Gasteiger partial charge in [-0.05, 0) is 31.1 Å². The molecule has 7 nitrogen and oxygen atoms in total. The van der Waals surface area contributed by atoms with E-state index in [4.69, 9.17) is 21.7 Å². The predicted octanol–water partition coefficient (Wildman–Crippen LogP) is 0.625. The van der Waals surface area contributed by atoms with Gasteiger partial charge in [-0.2, -0.15) is 0 Å². The zero-order valence-corrected chi connectivity index (χ0v) is 13.1. The number of ether oxygens (including phenoxy) is 2. The molecule has 1 saturated carbocycles. The predicted molar refractivity (Wildman–Crippen MR) is 84.2 cm³/mol. The lowest BCUT2D eigenvalue weighted by atomic mass is 9.94. The molecule has 0 aromatic heterocycles. The molecule has 2 heterocycles. The van der Waals surface area contributed by atoms with Crippen LogP contribution >= 0.6 is 12.2 Å². The molecule has 23 heavy (non-hydrogen) atoms. The first-order valence-electron chi connectivity index (χ1n) is 7.54. The second kappa shape index (κ2) is 5.45. The van der Waals surface area contributed by atoms with E-state index >= 15 is 0 Å². The third-order valence-electron chi connectivity index (χ3n) is 4.08. The molecule has 2 aliphatic carbocycles. The molecule has 0 radical (unpaired) electrons. The number of rotatable bonds is 4. The highest BCUT2D eigenvalue weighted by Gasteiger charge is 2.38. The lowest BCUT2D eigenvalue weighted by Crippen LogP contribution is -2.47. The molecule has 0 aromatic carbocycles. The highest BCUT2D eigenvalue weighted by atomic mass is 32.1. The lowest BCUT2D eigenvalue weighted by molar-refractivity contribution is -0.129. The monoisotopic (exact) mass is 333 g/mol. The molecule has 1 N–H and O–H groups in total. The minimum atomic E-state index is -0.534. The van der Waals surface area contributed by atoms with Gasteiger partial charge in [0.15, 0.2) is 11.5 Å². The van der Waals surface area contributed by atoms with E-state index in [1.54, 1.807) is 12.2 Å². The van der Waals surface area contributed by atoms with Gasteiger partial charge in [0, 0.05) is 25.1 Å². The molecule has 0 bridgehead atoms. The van der Waals surface area contributed by atoms with Crippen molar-refractivity contribution in [1.82, 2.24) is 10.2 Å². The van der Waals surface area contributed by atoms with Gasteiger partial charge in [-0.3, -0.25) is 14.5 Å². The van der Waals surface area contributed by atoms with Crippen LogP contribution in [0, 0.1) is 5.92 Å². The van der Waals surface area contributed by atoms with Crippen molar-refractivity contribution in [3.8, 4) is 0 Å². The summed E-state index contributed by atoms with van der Waals surface area (Å²) in [6.45, 7) is 0.377. The summed E-state index contributed by atoms with van der Waals surface area (Å²) in [5.74, 6) is 0.357. The van der Waals surface area contributed by atoms with E-state index in [-0.39, 0.29) is 36.7 Å². The summed E-state index contributed by atoms with van der Waals surface area (Å²) < 4.78 is 10.6. The summed E-state index contributed by atoms with van der Waals surface area (Å²) in [7, 11) is 0. The van der Waals surface area contributed by atoms with E-state index in [0.29, 0.717) is 23.3 Å². The molecule has 2 aliphatic heterocycles. The Bertz CT molecular complexity index is 693. The summed E-state index contributed by atoms with van der Waals surface area (Å²) in [5.41, 5.74) is 0.558. The minimum absolute atomic E-state index is 0.0606. The van der Waals surface area contributed by atoms with Crippen LogP contribution in [0.25, 0.3) is 0 Å². The van der Waals surface area contributed by atoms with Crippen molar-refractivity contribution < 1.29 is 19.1 Å². The molecule has 8 heteroatoms. The Morgan fingerprint density at radius 3 is 2.96 bits per heavy atom. The molecule has 4 rings (SSSR count). The van der Waals surface area contributed by atoms with Crippen LogP contribution in [-0.4, -0.2) is 46.9 Å². The van der Waals surface area contributed by atoms with Crippen molar-refractivity contribution >= 4 is 34.9 Å². The average molecular weight is 333 g/mol. The normalized spacial score (nSPS) is 25.5. The Kier molecular flexibility index (Phi) is 3.41. The number of carbonyl (C=O) groups is 2. The van der Waals surface area contributed by atoms with Crippen LogP contribution in [0.2, 0.25) is 0 Å². The van der Waals surface area contributed by atoms with Crippen LogP contribution < -0.4 is 5.32 Å². The minimum Gasteiger partial charge on any atom is -0.454 e. The van der Waals surface area contributed by atoms with Gasteiger partial charge in [0.05, 0.1) is 5.71 Å². The maximum absolute atomic E-state index is 12.7. The molecule has 0 aromatic rings. The lowest BCUT2D eigenvalue weighted by Gasteiger charge is -2.30. The van der Waals surface area contributed by atoms with Crippen molar-refractivity contribution in [1.29, 1.82) is 0 Å². The maximum Gasteiger partial charge on any atom is 0.241 e. The van der Waals surface area contributed by atoms with Crippen LogP contribution in [0.5, 0.6) is 0 Å². The maximum atomic E-state index is 12.7. The van der Waals surface area contributed by atoms with Crippen LogP contribution in [0.4, 0.5) is 0 Å². The molecular weight excluding hydrogens is 318 g/mol. The largest absolute Gasteiger partial charge is 0.454 e. The number of thiocarbonyl (C=S) groups is 1. The highest BCUT2D eigenvalue weighted by molar-refractivity contribution is 7.80. The van der Waals surface area contributed by atoms with Gasteiger partial charge in [-0.15, -0.1) is 0 Å². The van der Waals surface area contributed by atoms with Crippen LogP contribution in [0.15, 0.2) is 28.7 Å². The smallest absolute Gasteiger partial charge is 0.241 e. The Balaban J connectivity index is 1.47. The molecule has 1 unspecified atom stereocenters. The van der Waals surface area contributed by atoms with E-state index in [1.807, 2.05) is 0 Å². The van der Waals surface area contributed by atoms with Gasteiger partial charge >= 0.3 is 0 Å². The number of hydrogen-bond donors (Lipinski definition) is 1. The van der Waals surface area contributed by atoms with Crippen LogP contribution in [0.1, 0.15) is 19.3 Å². The average Bonchev–Trinajstić information content (AvgIpc) is 3.20. The summed E-state index contributed by atoms with van der Waals surface area (Å²) in [5, 5.41) is 3.08. The summed E-state index contributed by atoms with van der Waals surface area (Å²) in [6.07, 6.45) is 5.67. The van der Waals surface area contributed by atoms with Crippen LogP contribution in [-0.2, 0) is 19.1 Å². The van der Waals surface area contributed by atoms with Gasteiger partial charge in [-0.1, -0.05) is 0 Å². The second-order valence-electron chi connectivity index (χ2n) is 5.82. The van der Waals surface area contributed by atoms with Crippen LogP contribution in [0.3, 0.4) is 0 Å². The standard InChI is InChI=1S/C15H15N3O4S/c19-13(16-8-1-2-8)3-4-18-14(20)9-5-11-12(22-7-21-11)6-10(9)17-15(18)23/h5-6,8-9H,1-4,7H2,(H,16,19). The van der Waals surface area contributed by atoms with Gasteiger partial charge in [0.25, 0.3) is 0 Å². The number of aliphatic imine (C=N–C) groups is 1.